The number of benzene rings is 2. The second-order valence-corrected chi connectivity index (χ2v) is 13.9. The van der Waals surface area contributed by atoms with Gasteiger partial charge in [-0.05, 0) is 95.3 Å². The molecule has 5 N–H and O–H groups in total. The fourth-order valence-electron chi connectivity index (χ4n) is 6.44. The number of furan rings is 1. The lowest BCUT2D eigenvalue weighted by atomic mass is 10.1. The van der Waals surface area contributed by atoms with Crippen LogP contribution in [0.25, 0.3) is 11.3 Å². The van der Waals surface area contributed by atoms with Gasteiger partial charge in [-0.2, -0.15) is 0 Å². The molecule has 3 aromatic rings. The van der Waals surface area contributed by atoms with Gasteiger partial charge in [0.15, 0.2) is 0 Å². The number of nitrogens with zero attached hydrogens (tertiary/aromatic N) is 1. The van der Waals surface area contributed by atoms with E-state index < -0.39 is 53.8 Å². The molecular formula is C38H44ClN5O9. The molecule has 14 nitrogen and oxygen atoms in total. The van der Waals surface area contributed by atoms with E-state index in [1.807, 2.05) is 13.8 Å². The Labute approximate surface area is 311 Å². The molecule has 2 aliphatic rings. The van der Waals surface area contributed by atoms with Crippen LogP contribution in [0.5, 0.6) is 5.75 Å². The summed E-state index contributed by atoms with van der Waals surface area (Å²) in [5.74, 6) is -2.81. The van der Waals surface area contributed by atoms with Crippen LogP contribution in [0.3, 0.4) is 0 Å². The third-order valence-corrected chi connectivity index (χ3v) is 9.46. The smallest absolute Gasteiger partial charge is 0.326 e. The maximum absolute atomic E-state index is 14.4. The van der Waals surface area contributed by atoms with E-state index in [9.17, 15) is 33.9 Å². The summed E-state index contributed by atoms with van der Waals surface area (Å²) >= 11 is 6.36. The number of hydrogen-bond acceptors (Lipinski definition) is 8. The van der Waals surface area contributed by atoms with Gasteiger partial charge in [0.1, 0.15) is 35.4 Å². The number of carbonyl (C=O) groups excluding carboxylic acids is 5. The van der Waals surface area contributed by atoms with Crippen LogP contribution in [0.4, 0.5) is 0 Å². The van der Waals surface area contributed by atoms with E-state index in [1.165, 1.54) is 4.90 Å². The summed E-state index contributed by atoms with van der Waals surface area (Å²) in [6.07, 6.45) is 0.684. The number of carbonyl (C=O) groups is 6. The molecule has 0 aliphatic carbocycles. The predicted molar refractivity (Wildman–Crippen MR) is 194 cm³/mol. The third kappa shape index (κ3) is 9.95. The molecular weight excluding hydrogens is 706 g/mol. The van der Waals surface area contributed by atoms with Crippen molar-refractivity contribution in [3.05, 3.63) is 76.5 Å². The Bertz CT molecular complexity index is 1840. The number of amides is 5. The fourth-order valence-corrected chi connectivity index (χ4v) is 6.67. The molecule has 0 bridgehead atoms. The number of carboxylic acids is 1. The van der Waals surface area contributed by atoms with Crippen molar-refractivity contribution in [3.8, 4) is 17.1 Å². The predicted octanol–water partition coefficient (Wildman–Crippen LogP) is 3.84. The maximum atomic E-state index is 14.4. The number of hydrogen-bond donors (Lipinski definition) is 5. The largest absolute Gasteiger partial charge is 0.491 e. The molecule has 2 aromatic carbocycles. The van der Waals surface area contributed by atoms with E-state index in [0.717, 1.165) is 0 Å². The number of nitrogens with one attached hydrogen (secondary N) is 4. The van der Waals surface area contributed by atoms with Crippen LogP contribution in [0.2, 0.25) is 5.02 Å². The summed E-state index contributed by atoms with van der Waals surface area (Å²) in [5, 5.41) is 21.2. The lowest BCUT2D eigenvalue weighted by Crippen LogP contribution is -2.55. The SMILES string of the molecule is Cc1oc(-c2ccccc2Cl)cc1C(=O)N[C@H]1CCCCNC(=O)CC[C@@H](C(=O)O)NC(=O)[C@@H]2C[C@@H](NC(=O)c3ccc(OC(C)C)cc3)CN2C1=O. The Hall–Kier alpha value is -5.37. The zero-order valence-corrected chi connectivity index (χ0v) is 30.5. The molecule has 5 amide bonds. The van der Waals surface area contributed by atoms with Crippen LogP contribution < -0.4 is 26.0 Å². The molecule has 3 heterocycles. The first kappa shape index (κ1) is 38.9. The maximum Gasteiger partial charge on any atom is 0.326 e. The van der Waals surface area contributed by atoms with Crippen molar-refractivity contribution in [2.45, 2.75) is 89.6 Å². The highest BCUT2D eigenvalue weighted by atomic mass is 35.5. The van der Waals surface area contributed by atoms with E-state index >= 15 is 0 Å². The monoisotopic (exact) mass is 749 g/mol. The Morgan fingerprint density at radius 2 is 1.74 bits per heavy atom. The van der Waals surface area contributed by atoms with Crippen LogP contribution in [-0.4, -0.2) is 88.9 Å². The normalized spacial score (nSPS) is 21.5. The first-order valence-corrected chi connectivity index (χ1v) is 18.0. The van der Waals surface area contributed by atoms with Crippen LogP contribution in [0.15, 0.2) is 59.0 Å². The quantitative estimate of drug-likeness (QED) is 0.227. The third-order valence-electron chi connectivity index (χ3n) is 9.13. The number of carboxylic acid groups (broad SMARTS) is 1. The fraction of sp³-hybridized carbons (Fsp3) is 0.421. The van der Waals surface area contributed by atoms with Crippen molar-refractivity contribution in [1.82, 2.24) is 26.2 Å². The molecule has 15 heteroatoms. The summed E-state index contributed by atoms with van der Waals surface area (Å²) in [7, 11) is 0. The molecule has 2 fully saturated rings. The molecule has 5 rings (SSSR count). The zero-order valence-electron chi connectivity index (χ0n) is 29.8. The van der Waals surface area contributed by atoms with Gasteiger partial charge < -0.3 is 40.4 Å². The minimum Gasteiger partial charge on any atom is -0.491 e. The average molecular weight is 750 g/mol. The van der Waals surface area contributed by atoms with E-state index in [2.05, 4.69) is 21.3 Å². The first-order valence-electron chi connectivity index (χ1n) is 17.6. The van der Waals surface area contributed by atoms with Crippen LogP contribution in [0.1, 0.15) is 78.8 Å². The van der Waals surface area contributed by atoms with Gasteiger partial charge in [0.25, 0.3) is 11.8 Å². The van der Waals surface area contributed by atoms with Gasteiger partial charge in [-0.3, -0.25) is 24.0 Å². The van der Waals surface area contributed by atoms with E-state index in [-0.39, 0.29) is 56.3 Å². The molecule has 0 spiro atoms. The second-order valence-electron chi connectivity index (χ2n) is 13.5. The van der Waals surface area contributed by atoms with Crippen molar-refractivity contribution in [2.24, 2.45) is 0 Å². The average Bonchev–Trinajstić information content (AvgIpc) is 3.72. The molecule has 0 radical (unpaired) electrons. The highest BCUT2D eigenvalue weighted by Crippen LogP contribution is 2.31. The zero-order chi connectivity index (χ0) is 38.2. The van der Waals surface area contributed by atoms with Gasteiger partial charge in [0, 0.05) is 36.7 Å². The van der Waals surface area contributed by atoms with E-state index in [1.54, 1.807) is 61.5 Å². The van der Waals surface area contributed by atoms with Gasteiger partial charge >= 0.3 is 5.97 Å². The minimum atomic E-state index is -1.40. The van der Waals surface area contributed by atoms with Gasteiger partial charge in [-0.1, -0.05) is 23.7 Å². The van der Waals surface area contributed by atoms with Crippen LogP contribution in [-0.2, 0) is 19.2 Å². The summed E-state index contributed by atoms with van der Waals surface area (Å²) in [6, 6.07) is 10.7. The lowest BCUT2D eigenvalue weighted by molar-refractivity contribution is -0.144. The van der Waals surface area contributed by atoms with Crippen LogP contribution in [0, 0.1) is 6.92 Å². The van der Waals surface area contributed by atoms with E-state index in [4.69, 9.17) is 20.8 Å². The molecule has 1 aromatic heterocycles. The summed E-state index contributed by atoms with van der Waals surface area (Å²) in [6.45, 7) is 5.58. The van der Waals surface area contributed by atoms with Crippen molar-refractivity contribution in [3.63, 3.8) is 0 Å². The molecule has 0 unspecified atom stereocenters. The number of fused-ring (bicyclic) bond motifs is 1. The summed E-state index contributed by atoms with van der Waals surface area (Å²) in [4.78, 5) is 81.1. The molecule has 0 saturated carbocycles. The minimum absolute atomic E-state index is 0.0205. The van der Waals surface area contributed by atoms with Crippen molar-refractivity contribution in [1.29, 1.82) is 0 Å². The Kier molecular flexibility index (Phi) is 12.8. The first-order chi connectivity index (χ1) is 25.3. The van der Waals surface area contributed by atoms with Gasteiger partial charge in [-0.15, -0.1) is 0 Å². The number of halogens is 1. The van der Waals surface area contributed by atoms with Gasteiger partial charge in [0.2, 0.25) is 17.7 Å². The molecule has 4 atom stereocenters. The molecule has 282 valence electrons. The highest BCUT2D eigenvalue weighted by molar-refractivity contribution is 6.33. The van der Waals surface area contributed by atoms with Crippen molar-refractivity contribution < 1.29 is 43.0 Å². The number of aryl methyl sites for hydroxylation is 1. The van der Waals surface area contributed by atoms with Crippen molar-refractivity contribution in [2.75, 3.05) is 13.1 Å². The van der Waals surface area contributed by atoms with Crippen molar-refractivity contribution >= 4 is 47.1 Å². The lowest BCUT2D eigenvalue weighted by Gasteiger charge is -2.29. The number of aliphatic carboxylic acids is 1. The topological polar surface area (TPSA) is 196 Å². The Balaban J connectivity index is 1.41. The number of rotatable bonds is 8. The summed E-state index contributed by atoms with van der Waals surface area (Å²) in [5.41, 5.74) is 1.11. The molecule has 2 aliphatic heterocycles. The molecule has 53 heavy (non-hydrogen) atoms. The second kappa shape index (κ2) is 17.4. The summed E-state index contributed by atoms with van der Waals surface area (Å²) < 4.78 is 11.5. The molecule has 2 saturated heterocycles. The Morgan fingerprint density at radius 3 is 2.43 bits per heavy atom. The standard InChI is InChI=1S/C38H44ClN5O9/c1-21(2)52-25-13-11-23(12-14-25)34(46)41-24-18-31-36(48)43-30(38(50)51)15-16-33(45)40-17-7-6-10-29(37(49)44(31)20-24)42-35(47)27-19-32(53-22(27)3)26-8-4-5-9-28(26)39/h4-5,8-9,11-14,19,21,24,29-31H,6-7,10,15-18,20H2,1-3H3,(H,40,45)(H,41,46)(H,42,47)(H,43,48)(H,50,51)/t24-,29+,30+,31+/m1/s1. The van der Waals surface area contributed by atoms with Gasteiger partial charge in [0.05, 0.1) is 16.7 Å². The van der Waals surface area contributed by atoms with E-state index in [0.29, 0.717) is 46.3 Å². The Morgan fingerprint density at radius 1 is 1.00 bits per heavy atom. The highest BCUT2D eigenvalue weighted by Gasteiger charge is 2.43. The van der Waals surface area contributed by atoms with Crippen LogP contribution >= 0.6 is 11.6 Å². The van der Waals surface area contributed by atoms with Gasteiger partial charge in [-0.25, -0.2) is 4.79 Å². The number of ether oxygens (including phenoxy) is 1.